The highest BCUT2D eigenvalue weighted by atomic mass is 31.3. The zero-order valence-corrected chi connectivity index (χ0v) is 22.5. The minimum atomic E-state index is -6.34. The van der Waals surface area contributed by atoms with Crippen LogP contribution in [0.5, 0.6) is 0 Å². The minimum absolute atomic E-state index is 0.100. The number of imidazole rings is 1. The Morgan fingerprint density at radius 3 is 2.08 bits per heavy atom. The fourth-order valence-electron chi connectivity index (χ4n) is 2.99. The third-order valence-corrected chi connectivity index (χ3v) is 9.99. The van der Waals surface area contributed by atoms with Crippen molar-refractivity contribution >= 4 is 56.1 Å². The maximum absolute atomic E-state index is 11.9. The van der Waals surface area contributed by atoms with Gasteiger partial charge in [-0.05, 0) is 0 Å². The number of hydrogen-bond acceptors (Lipinski definition) is 23. The van der Waals surface area contributed by atoms with Crippen molar-refractivity contribution in [2.75, 3.05) is 12.3 Å². The van der Waals surface area contributed by atoms with Crippen molar-refractivity contribution in [2.24, 2.45) is 0 Å². The lowest BCUT2D eigenvalue weighted by atomic mass is 10.1. The second kappa shape index (κ2) is 11.3. The summed E-state index contributed by atoms with van der Waals surface area (Å²) in [5.74, 6) is -0.194. The molecular formula is C10H11N5O19P5-7. The van der Waals surface area contributed by atoms with Crippen molar-refractivity contribution in [1.82, 2.24) is 19.5 Å². The number of phosphoric acid groups is 5. The molecule has 2 aromatic rings. The van der Waals surface area contributed by atoms with E-state index in [4.69, 9.17) is 10.5 Å². The second-order valence-corrected chi connectivity index (χ2v) is 13.9. The molecule has 2 aromatic heterocycles. The summed E-state index contributed by atoms with van der Waals surface area (Å²) in [6.07, 6.45) is -6.63. The molecule has 0 aromatic carbocycles. The van der Waals surface area contributed by atoms with Gasteiger partial charge in [-0.15, -0.1) is 0 Å². The van der Waals surface area contributed by atoms with E-state index >= 15 is 0 Å². The Morgan fingerprint density at radius 1 is 0.897 bits per heavy atom. The highest BCUT2D eigenvalue weighted by Gasteiger charge is 2.48. The molecule has 3 N–H and O–H groups in total. The smallest absolute Gasteiger partial charge is 0.278 e. The van der Waals surface area contributed by atoms with Crippen LogP contribution in [0.25, 0.3) is 11.2 Å². The van der Waals surface area contributed by atoms with Gasteiger partial charge >= 0.3 is 0 Å². The number of aliphatic hydroxyl groups excluding tert-OH is 1. The Labute approximate surface area is 214 Å². The monoisotopic (exact) mass is 660 g/mol. The number of ether oxygens (including phenoxy) is 1. The van der Waals surface area contributed by atoms with E-state index in [0.29, 0.717) is 0 Å². The molecule has 0 aliphatic carbocycles. The molecule has 1 fully saturated rings. The van der Waals surface area contributed by atoms with Gasteiger partial charge < -0.3 is 68.0 Å². The van der Waals surface area contributed by atoms with E-state index in [0.717, 1.165) is 17.2 Å². The molecule has 39 heavy (non-hydrogen) atoms. The van der Waals surface area contributed by atoms with Gasteiger partial charge in [0.1, 0.15) is 30.2 Å². The van der Waals surface area contributed by atoms with Crippen molar-refractivity contribution in [3.63, 3.8) is 0 Å². The highest BCUT2D eigenvalue weighted by Crippen LogP contribution is 2.60. The van der Waals surface area contributed by atoms with Crippen molar-refractivity contribution in [3.8, 4) is 0 Å². The van der Waals surface area contributed by atoms with E-state index in [1.165, 1.54) is 0 Å². The Balaban J connectivity index is 1.87. The molecule has 0 spiro atoms. The number of hydrogen-bond donors (Lipinski definition) is 2. The summed E-state index contributed by atoms with van der Waals surface area (Å²) >= 11 is 0. The van der Waals surface area contributed by atoms with Gasteiger partial charge in [-0.2, -0.15) is 0 Å². The molecule has 3 unspecified atom stereocenters. The fraction of sp³-hybridized carbons (Fsp3) is 0.500. The second-order valence-electron chi connectivity index (χ2n) is 6.99. The van der Waals surface area contributed by atoms with Crippen molar-refractivity contribution in [1.29, 1.82) is 0 Å². The first kappa shape index (κ1) is 32.5. The van der Waals surface area contributed by atoms with Gasteiger partial charge in [0.15, 0.2) is 17.7 Å². The van der Waals surface area contributed by atoms with E-state index < -0.39 is 70.3 Å². The van der Waals surface area contributed by atoms with Crippen LogP contribution in [0.3, 0.4) is 0 Å². The summed E-state index contributed by atoms with van der Waals surface area (Å²) < 4.78 is 80.6. The number of nitrogens with zero attached hydrogens (tertiary/aromatic N) is 4. The minimum Gasteiger partial charge on any atom is -0.790 e. The summed E-state index contributed by atoms with van der Waals surface area (Å²) in [5, 5.41) is 10.5. The lowest BCUT2D eigenvalue weighted by Crippen LogP contribution is -2.37. The summed E-state index contributed by atoms with van der Waals surface area (Å²) in [6.45, 7) is -1.42. The predicted octanol–water partition coefficient (Wildman–Crippen LogP) is -5.82. The number of nitrogen functional groups attached to an aromatic ring is 1. The maximum atomic E-state index is 11.9. The number of aliphatic hydroxyl groups is 1. The van der Waals surface area contributed by atoms with Crippen LogP contribution >= 0.6 is 39.1 Å². The molecule has 222 valence electrons. The summed E-state index contributed by atoms with van der Waals surface area (Å²) in [5.41, 5.74) is 5.34. The summed E-state index contributed by atoms with van der Waals surface area (Å²) in [4.78, 5) is 88.6. The quantitative estimate of drug-likeness (QED) is 0.200. The molecule has 24 nitrogen and oxygen atoms in total. The van der Waals surface area contributed by atoms with Crippen LogP contribution in [0.4, 0.5) is 5.82 Å². The Kier molecular flexibility index (Phi) is 9.42. The number of fused-ring (bicyclic) bond motifs is 1. The molecule has 3 rings (SSSR count). The molecule has 0 radical (unpaired) electrons. The van der Waals surface area contributed by atoms with E-state index in [1.54, 1.807) is 0 Å². The molecular weight excluding hydrogens is 649 g/mol. The topological polar surface area (TPSA) is 392 Å². The van der Waals surface area contributed by atoms with E-state index in [2.05, 4.69) is 36.9 Å². The first-order valence-electron chi connectivity index (χ1n) is 9.29. The first-order chi connectivity index (χ1) is 17.6. The number of aromatic nitrogens is 4. The third-order valence-electron chi connectivity index (χ3n) is 4.22. The van der Waals surface area contributed by atoms with Crippen LogP contribution < -0.4 is 40.0 Å². The maximum Gasteiger partial charge on any atom is 0.278 e. The van der Waals surface area contributed by atoms with Crippen LogP contribution in [0.2, 0.25) is 0 Å². The molecule has 1 aliphatic rings. The fourth-order valence-corrected chi connectivity index (χ4v) is 7.51. The van der Waals surface area contributed by atoms with Gasteiger partial charge in [0.2, 0.25) is 0 Å². The van der Waals surface area contributed by atoms with Crippen LogP contribution in [-0.4, -0.2) is 49.5 Å². The lowest BCUT2D eigenvalue weighted by Gasteiger charge is -2.37. The lowest BCUT2D eigenvalue weighted by molar-refractivity contribution is -0.342. The van der Waals surface area contributed by atoms with Crippen molar-refractivity contribution < 1.29 is 88.9 Å². The predicted molar refractivity (Wildman–Crippen MR) is 102 cm³/mol. The Hall–Kier alpha value is -1.06. The van der Waals surface area contributed by atoms with Gasteiger partial charge in [0, 0.05) is 0 Å². The van der Waals surface area contributed by atoms with E-state index in [1.807, 2.05) is 0 Å². The molecule has 7 atom stereocenters. The summed E-state index contributed by atoms with van der Waals surface area (Å²) in [7, 11) is -31.0. The van der Waals surface area contributed by atoms with Crippen LogP contribution in [0.15, 0.2) is 12.7 Å². The molecule has 1 saturated heterocycles. The average Bonchev–Trinajstić information content (AvgIpc) is 3.24. The molecule has 3 heterocycles. The van der Waals surface area contributed by atoms with Crippen molar-refractivity contribution in [3.05, 3.63) is 12.7 Å². The highest BCUT2D eigenvalue weighted by molar-refractivity contribution is 7.64. The van der Waals surface area contributed by atoms with Gasteiger partial charge in [0.05, 0.1) is 28.6 Å². The van der Waals surface area contributed by atoms with E-state index in [9.17, 15) is 62.2 Å². The Morgan fingerprint density at radius 2 is 1.49 bits per heavy atom. The van der Waals surface area contributed by atoms with Crippen LogP contribution in [0, 0.1) is 0 Å². The Bertz CT molecular complexity index is 1450. The largest absolute Gasteiger partial charge is 0.790 e. The molecule has 0 saturated carbocycles. The molecule has 0 bridgehead atoms. The van der Waals surface area contributed by atoms with Gasteiger partial charge in [-0.3, -0.25) is 26.9 Å². The number of rotatable bonds is 12. The van der Waals surface area contributed by atoms with Gasteiger partial charge in [0.25, 0.3) is 23.5 Å². The van der Waals surface area contributed by atoms with Crippen LogP contribution in [-0.2, 0) is 49.5 Å². The zero-order chi connectivity index (χ0) is 29.6. The SMILES string of the molecule is Nc1ncnc2c1ncn2[C@@H]1O[C@H](COP(=O)([O-])OP(=O)([O-])OP(=O)([O-])[O-])[C@@H](O)[C@H]1OP(=O)([O-])OP(=O)([O-])[O-]. The number of nitrogens with two attached hydrogens (primary N) is 1. The van der Waals surface area contributed by atoms with E-state index in [-0.39, 0.29) is 17.0 Å². The number of anilines is 1. The third kappa shape index (κ3) is 8.96. The molecule has 29 heteroatoms. The molecule has 0 amide bonds. The van der Waals surface area contributed by atoms with Crippen LogP contribution in [0.1, 0.15) is 6.23 Å². The molecule has 1 aliphatic heterocycles. The normalized spacial score (nSPS) is 27.2. The van der Waals surface area contributed by atoms with Gasteiger partial charge in [-0.25, -0.2) is 19.3 Å². The average molecular weight is 660 g/mol. The zero-order valence-electron chi connectivity index (χ0n) is 18.1. The van der Waals surface area contributed by atoms with Crippen molar-refractivity contribution in [2.45, 2.75) is 24.5 Å². The van der Waals surface area contributed by atoms with Gasteiger partial charge in [-0.1, -0.05) is 0 Å². The first-order valence-corrected chi connectivity index (χ1v) is 16.6. The number of phosphoric ester groups is 2. The standard InChI is InChI=1S/C10H18N5O19P5/c11-8-5-9(13-2-12-8)15(3-14-5)10-7(31-38(25,26)32-35(17,18)19)6(16)4(30-10)1-29-37(23,24)34-39(27,28)33-36(20,21)22/h2-4,6-7,10,16H,1H2,(H,23,24)(H,25,26)(H,27,28)(H2,11,12,13)(H2,17,18,19)(H2,20,21,22)/p-7/t4-,6-,7-,10-/m1/s1. The summed E-state index contributed by atoms with van der Waals surface area (Å²) in [6, 6.07) is 0.